The molecule has 6 nitrogen and oxygen atoms in total. The lowest BCUT2D eigenvalue weighted by Gasteiger charge is -2.22. The standard InChI is InChI=1S/C17H28N2O4S/c1-15-14-16(23-3)6-7-17(15)24(20,21)19-10-4-8-18(11-12-19)9-5-13-22-2/h6-7,14H,4-5,8-13H2,1-3H3. The van der Waals surface area contributed by atoms with E-state index in [9.17, 15) is 8.42 Å². The summed E-state index contributed by atoms with van der Waals surface area (Å²) in [6.07, 6.45) is 1.82. The van der Waals surface area contributed by atoms with E-state index in [-0.39, 0.29) is 0 Å². The van der Waals surface area contributed by atoms with Crippen LogP contribution in [0.25, 0.3) is 0 Å². The average Bonchev–Trinajstić information content (AvgIpc) is 2.81. The molecular formula is C17H28N2O4S. The summed E-state index contributed by atoms with van der Waals surface area (Å²) in [7, 11) is -0.182. The number of nitrogens with zero attached hydrogens (tertiary/aromatic N) is 2. The summed E-state index contributed by atoms with van der Waals surface area (Å²) in [6, 6.07) is 5.11. The monoisotopic (exact) mass is 356 g/mol. The largest absolute Gasteiger partial charge is 0.497 e. The van der Waals surface area contributed by atoms with Crippen molar-refractivity contribution in [3.05, 3.63) is 23.8 Å². The molecule has 0 radical (unpaired) electrons. The van der Waals surface area contributed by atoms with Crippen molar-refractivity contribution in [3.8, 4) is 5.75 Å². The van der Waals surface area contributed by atoms with Crippen LogP contribution in [0.2, 0.25) is 0 Å². The first-order valence-electron chi connectivity index (χ1n) is 8.35. The Morgan fingerprint density at radius 3 is 2.58 bits per heavy atom. The third-order valence-corrected chi connectivity index (χ3v) is 6.43. The molecule has 1 aliphatic heterocycles. The van der Waals surface area contributed by atoms with Gasteiger partial charge in [0.15, 0.2) is 0 Å². The second-order valence-corrected chi connectivity index (χ2v) is 7.98. The molecule has 1 aromatic rings. The van der Waals surface area contributed by atoms with E-state index in [0.717, 1.165) is 44.6 Å². The molecule has 0 spiro atoms. The minimum atomic E-state index is -3.46. The van der Waals surface area contributed by atoms with Crippen molar-refractivity contribution in [2.24, 2.45) is 0 Å². The van der Waals surface area contributed by atoms with Crippen molar-refractivity contribution < 1.29 is 17.9 Å². The second kappa shape index (κ2) is 8.80. The number of benzene rings is 1. The molecule has 0 saturated carbocycles. The smallest absolute Gasteiger partial charge is 0.243 e. The van der Waals surface area contributed by atoms with Gasteiger partial charge in [0.2, 0.25) is 10.0 Å². The fraction of sp³-hybridized carbons (Fsp3) is 0.647. The predicted octanol–water partition coefficient (Wildman–Crippen LogP) is 1.74. The molecule has 1 saturated heterocycles. The Balaban J connectivity index is 2.07. The molecule has 0 atom stereocenters. The fourth-order valence-electron chi connectivity index (χ4n) is 3.02. The van der Waals surface area contributed by atoms with Crippen LogP contribution < -0.4 is 4.74 Å². The highest BCUT2D eigenvalue weighted by Gasteiger charge is 2.28. The van der Waals surface area contributed by atoms with Gasteiger partial charge in [0.25, 0.3) is 0 Å². The van der Waals surface area contributed by atoms with Gasteiger partial charge in [0.05, 0.1) is 12.0 Å². The Morgan fingerprint density at radius 2 is 1.92 bits per heavy atom. The van der Waals surface area contributed by atoms with Crippen LogP contribution >= 0.6 is 0 Å². The number of aryl methyl sites for hydroxylation is 1. The lowest BCUT2D eigenvalue weighted by Crippen LogP contribution is -2.35. The van der Waals surface area contributed by atoms with Crippen LogP contribution in [0.15, 0.2) is 23.1 Å². The molecule has 0 N–H and O–H groups in total. The number of hydrogen-bond acceptors (Lipinski definition) is 5. The predicted molar refractivity (Wildman–Crippen MR) is 94.0 cm³/mol. The Kier molecular flexibility index (Phi) is 7.03. The zero-order chi connectivity index (χ0) is 17.6. The van der Waals surface area contributed by atoms with Crippen molar-refractivity contribution >= 4 is 10.0 Å². The molecule has 2 rings (SSSR count). The molecule has 1 heterocycles. The quantitative estimate of drug-likeness (QED) is 0.697. The van der Waals surface area contributed by atoms with Gasteiger partial charge in [0, 0.05) is 39.9 Å². The summed E-state index contributed by atoms with van der Waals surface area (Å²) in [4.78, 5) is 2.69. The third-order valence-electron chi connectivity index (χ3n) is 4.37. The highest BCUT2D eigenvalue weighted by atomic mass is 32.2. The van der Waals surface area contributed by atoms with Crippen molar-refractivity contribution in [2.45, 2.75) is 24.7 Å². The normalized spacial score (nSPS) is 17.6. The van der Waals surface area contributed by atoms with E-state index in [4.69, 9.17) is 9.47 Å². The molecule has 24 heavy (non-hydrogen) atoms. The Bertz CT molecular complexity index is 633. The summed E-state index contributed by atoms with van der Waals surface area (Å²) in [5.74, 6) is 0.673. The van der Waals surface area contributed by atoms with Gasteiger partial charge in [-0.2, -0.15) is 4.31 Å². The minimum Gasteiger partial charge on any atom is -0.497 e. The van der Waals surface area contributed by atoms with Crippen LogP contribution in [0.4, 0.5) is 0 Å². The zero-order valence-corrected chi connectivity index (χ0v) is 15.6. The van der Waals surface area contributed by atoms with Gasteiger partial charge >= 0.3 is 0 Å². The molecular weight excluding hydrogens is 328 g/mol. The molecule has 0 amide bonds. The van der Waals surface area contributed by atoms with E-state index in [1.54, 1.807) is 36.7 Å². The van der Waals surface area contributed by atoms with E-state index in [0.29, 0.717) is 23.7 Å². The van der Waals surface area contributed by atoms with Gasteiger partial charge in [-0.15, -0.1) is 0 Å². The summed E-state index contributed by atoms with van der Waals surface area (Å²) < 4.78 is 37.8. The van der Waals surface area contributed by atoms with E-state index in [1.807, 2.05) is 6.92 Å². The van der Waals surface area contributed by atoms with E-state index in [1.165, 1.54) is 0 Å². The Labute approximate surface area is 145 Å². The maximum Gasteiger partial charge on any atom is 0.243 e. The van der Waals surface area contributed by atoms with E-state index in [2.05, 4.69) is 4.90 Å². The summed E-state index contributed by atoms with van der Waals surface area (Å²) in [5, 5.41) is 0. The van der Waals surface area contributed by atoms with Crippen molar-refractivity contribution in [1.82, 2.24) is 9.21 Å². The molecule has 0 aliphatic carbocycles. The Morgan fingerprint density at radius 1 is 1.12 bits per heavy atom. The molecule has 136 valence electrons. The molecule has 1 aromatic carbocycles. The molecule has 0 bridgehead atoms. The summed E-state index contributed by atoms with van der Waals surface area (Å²) in [6.45, 7) is 6.28. The molecule has 1 fully saturated rings. The lowest BCUT2D eigenvalue weighted by atomic mass is 10.2. The van der Waals surface area contributed by atoms with Crippen LogP contribution in [-0.4, -0.2) is 71.2 Å². The number of rotatable bonds is 7. The van der Waals surface area contributed by atoms with Gasteiger partial charge in [-0.3, -0.25) is 0 Å². The van der Waals surface area contributed by atoms with Gasteiger partial charge < -0.3 is 14.4 Å². The fourth-order valence-corrected chi connectivity index (χ4v) is 4.70. The van der Waals surface area contributed by atoms with Gasteiger partial charge in [-0.1, -0.05) is 0 Å². The van der Waals surface area contributed by atoms with Crippen LogP contribution in [0, 0.1) is 6.92 Å². The van der Waals surface area contributed by atoms with Crippen LogP contribution in [0.3, 0.4) is 0 Å². The van der Waals surface area contributed by atoms with Crippen molar-refractivity contribution in [2.75, 3.05) is 53.6 Å². The molecule has 0 aromatic heterocycles. The first-order chi connectivity index (χ1) is 11.5. The number of methoxy groups -OCH3 is 2. The first-order valence-corrected chi connectivity index (χ1v) is 9.79. The van der Waals surface area contributed by atoms with Gasteiger partial charge in [-0.25, -0.2) is 8.42 Å². The van der Waals surface area contributed by atoms with Crippen molar-refractivity contribution in [3.63, 3.8) is 0 Å². The molecule has 1 aliphatic rings. The van der Waals surface area contributed by atoms with Gasteiger partial charge in [0.1, 0.15) is 5.75 Å². The number of hydrogen-bond donors (Lipinski definition) is 0. The maximum atomic E-state index is 13.0. The lowest BCUT2D eigenvalue weighted by molar-refractivity contribution is 0.173. The summed E-state index contributed by atoms with van der Waals surface area (Å²) in [5.41, 5.74) is 0.718. The first kappa shape index (κ1) is 19.2. The van der Waals surface area contributed by atoms with Gasteiger partial charge in [-0.05, 0) is 50.1 Å². The van der Waals surface area contributed by atoms with E-state index >= 15 is 0 Å². The van der Waals surface area contributed by atoms with Crippen LogP contribution in [0.5, 0.6) is 5.75 Å². The number of sulfonamides is 1. The van der Waals surface area contributed by atoms with Crippen LogP contribution in [0.1, 0.15) is 18.4 Å². The topological polar surface area (TPSA) is 59.1 Å². The van der Waals surface area contributed by atoms with E-state index < -0.39 is 10.0 Å². The highest BCUT2D eigenvalue weighted by molar-refractivity contribution is 7.89. The van der Waals surface area contributed by atoms with Crippen LogP contribution in [-0.2, 0) is 14.8 Å². The Hall–Kier alpha value is -1.15. The zero-order valence-electron chi connectivity index (χ0n) is 14.8. The summed E-state index contributed by atoms with van der Waals surface area (Å²) >= 11 is 0. The number of ether oxygens (including phenoxy) is 2. The average molecular weight is 356 g/mol. The third kappa shape index (κ3) is 4.69. The molecule has 7 heteroatoms. The molecule has 0 unspecified atom stereocenters. The van der Waals surface area contributed by atoms with Crippen molar-refractivity contribution in [1.29, 1.82) is 0 Å². The maximum absolute atomic E-state index is 13.0. The highest BCUT2D eigenvalue weighted by Crippen LogP contribution is 2.24. The SMILES string of the molecule is COCCCN1CCCN(S(=O)(=O)c2ccc(OC)cc2C)CC1. The minimum absolute atomic E-state index is 0.371. The second-order valence-electron chi connectivity index (χ2n) is 6.08.